The Hall–Kier alpha value is -1.57. The van der Waals surface area contributed by atoms with Crippen LogP contribution in [0, 0.1) is 6.92 Å². The third kappa shape index (κ3) is 1.68. The van der Waals surface area contributed by atoms with Gasteiger partial charge in [0.15, 0.2) is 0 Å². The second-order valence-electron chi connectivity index (χ2n) is 5.11. The van der Waals surface area contributed by atoms with Crippen molar-refractivity contribution in [3.05, 3.63) is 35.0 Å². The van der Waals surface area contributed by atoms with E-state index in [1.54, 1.807) is 6.92 Å². The molecule has 1 aromatic heterocycles. The van der Waals surface area contributed by atoms with Gasteiger partial charge in [0.1, 0.15) is 5.78 Å². The van der Waals surface area contributed by atoms with Gasteiger partial charge >= 0.3 is 0 Å². The molecular formula is C15H17NO. The van der Waals surface area contributed by atoms with Crippen molar-refractivity contribution in [2.45, 2.75) is 39.7 Å². The lowest BCUT2D eigenvalue weighted by molar-refractivity contribution is -0.116. The van der Waals surface area contributed by atoms with Crippen LogP contribution in [0.2, 0.25) is 0 Å². The number of carbonyl (C=O) groups excluding carboxylic acids is 1. The summed E-state index contributed by atoms with van der Waals surface area (Å²) in [6.45, 7) is 4.96. The van der Waals surface area contributed by atoms with Crippen molar-refractivity contribution in [1.82, 2.24) is 4.57 Å². The average molecular weight is 227 g/mol. The third-order valence-corrected chi connectivity index (χ3v) is 3.62. The Labute approximate surface area is 101 Å². The molecule has 0 atom stereocenters. The summed E-state index contributed by atoms with van der Waals surface area (Å²) < 4.78 is 2.41. The highest BCUT2D eigenvalue weighted by molar-refractivity contribution is 5.87. The topological polar surface area (TPSA) is 22.0 Å². The van der Waals surface area contributed by atoms with E-state index in [-0.39, 0.29) is 5.78 Å². The summed E-state index contributed by atoms with van der Waals surface area (Å²) >= 11 is 0. The molecule has 0 saturated carbocycles. The average Bonchev–Trinajstić information content (AvgIpc) is 2.56. The van der Waals surface area contributed by atoms with Crippen LogP contribution in [-0.4, -0.2) is 10.4 Å². The predicted molar refractivity (Wildman–Crippen MR) is 69.4 cm³/mol. The van der Waals surface area contributed by atoms with Gasteiger partial charge in [0, 0.05) is 24.0 Å². The molecular weight excluding hydrogens is 210 g/mol. The first-order chi connectivity index (χ1) is 8.15. The van der Waals surface area contributed by atoms with E-state index >= 15 is 0 Å². The lowest BCUT2D eigenvalue weighted by Crippen LogP contribution is -2.09. The van der Waals surface area contributed by atoms with Crippen molar-refractivity contribution in [3.63, 3.8) is 0 Å². The highest BCUT2D eigenvalue weighted by Gasteiger charge is 2.15. The van der Waals surface area contributed by atoms with Crippen LogP contribution in [0.5, 0.6) is 0 Å². The molecule has 2 heteroatoms. The zero-order chi connectivity index (χ0) is 12.0. The summed E-state index contributed by atoms with van der Waals surface area (Å²) in [4.78, 5) is 11.2. The maximum Gasteiger partial charge on any atom is 0.134 e. The standard InChI is InChI=1S/C15H17NO/c1-10-6-14-9-12(7-11(2)17)8-13-4-3-5-16(10)15(13)14/h6,8-9H,3-5,7H2,1-2H3. The van der Waals surface area contributed by atoms with E-state index in [0.717, 1.165) is 13.0 Å². The van der Waals surface area contributed by atoms with Crippen LogP contribution in [-0.2, 0) is 24.2 Å². The molecule has 88 valence electrons. The van der Waals surface area contributed by atoms with Gasteiger partial charge in [-0.2, -0.15) is 0 Å². The van der Waals surface area contributed by atoms with Crippen molar-refractivity contribution in [1.29, 1.82) is 0 Å². The first-order valence-corrected chi connectivity index (χ1v) is 6.26. The summed E-state index contributed by atoms with van der Waals surface area (Å²) in [6, 6.07) is 6.64. The third-order valence-electron chi connectivity index (χ3n) is 3.62. The van der Waals surface area contributed by atoms with Crippen molar-refractivity contribution in [2.24, 2.45) is 0 Å². The molecule has 2 nitrogen and oxygen atoms in total. The Balaban J connectivity index is 2.22. The Morgan fingerprint density at radius 2 is 2.18 bits per heavy atom. The minimum atomic E-state index is 0.239. The van der Waals surface area contributed by atoms with E-state index in [1.165, 1.54) is 34.1 Å². The minimum absolute atomic E-state index is 0.239. The lowest BCUT2D eigenvalue weighted by atomic mass is 9.98. The van der Waals surface area contributed by atoms with Crippen LogP contribution in [0.15, 0.2) is 18.2 Å². The van der Waals surface area contributed by atoms with Gasteiger partial charge in [-0.25, -0.2) is 0 Å². The Morgan fingerprint density at radius 1 is 1.35 bits per heavy atom. The molecule has 3 rings (SSSR count). The molecule has 17 heavy (non-hydrogen) atoms. The first-order valence-electron chi connectivity index (χ1n) is 6.26. The van der Waals surface area contributed by atoms with E-state index in [1.807, 2.05) is 0 Å². The Bertz CT molecular complexity index is 607. The van der Waals surface area contributed by atoms with Crippen LogP contribution in [0.1, 0.15) is 30.2 Å². The molecule has 0 amide bonds. The van der Waals surface area contributed by atoms with Crippen LogP contribution >= 0.6 is 0 Å². The van der Waals surface area contributed by atoms with Crippen molar-refractivity contribution in [3.8, 4) is 0 Å². The zero-order valence-corrected chi connectivity index (χ0v) is 10.4. The van der Waals surface area contributed by atoms with E-state index in [2.05, 4.69) is 29.7 Å². The van der Waals surface area contributed by atoms with E-state index in [0.29, 0.717) is 6.42 Å². The minimum Gasteiger partial charge on any atom is -0.345 e. The number of nitrogens with zero attached hydrogens (tertiary/aromatic N) is 1. The fourth-order valence-electron chi connectivity index (χ4n) is 3.00. The second-order valence-corrected chi connectivity index (χ2v) is 5.11. The molecule has 2 heterocycles. The summed E-state index contributed by atoms with van der Waals surface area (Å²) in [7, 11) is 0. The summed E-state index contributed by atoms with van der Waals surface area (Å²) in [5.41, 5.74) is 5.30. The van der Waals surface area contributed by atoms with Crippen LogP contribution in [0.25, 0.3) is 10.9 Å². The normalized spacial score (nSPS) is 14.2. The number of hydrogen-bond donors (Lipinski definition) is 0. The first kappa shape index (κ1) is 10.6. The number of ketones is 1. The fraction of sp³-hybridized carbons (Fsp3) is 0.400. The number of hydrogen-bond acceptors (Lipinski definition) is 1. The fourth-order valence-corrected chi connectivity index (χ4v) is 3.00. The Morgan fingerprint density at radius 3 is 2.94 bits per heavy atom. The van der Waals surface area contributed by atoms with E-state index in [9.17, 15) is 4.79 Å². The van der Waals surface area contributed by atoms with E-state index < -0.39 is 0 Å². The molecule has 0 saturated heterocycles. The van der Waals surface area contributed by atoms with Crippen LogP contribution < -0.4 is 0 Å². The predicted octanol–water partition coefficient (Wildman–Crippen LogP) is 3.03. The van der Waals surface area contributed by atoms with Gasteiger partial charge in [-0.3, -0.25) is 4.79 Å². The number of Topliss-reactive ketones (excluding diaryl/α,β-unsaturated/α-hetero) is 1. The lowest BCUT2D eigenvalue weighted by Gasteiger charge is -2.18. The number of aryl methyl sites for hydroxylation is 3. The summed E-state index contributed by atoms with van der Waals surface area (Å²) in [5.74, 6) is 0.239. The molecule has 0 N–H and O–H groups in total. The molecule has 0 fully saturated rings. The molecule has 2 aromatic rings. The van der Waals surface area contributed by atoms with Crippen LogP contribution in [0.4, 0.5) is 0 Å². The van der Waals surface area contributed by atoms with Gasteiger partial charge in [-0.05, 0) is 49.9 Å². The second kappa shape index (κ2) is 3.73. The quantitative estimate of drug-likeness (QED) is 0.773. The summed E-state index contributed by atoms with van der Waals surface area (Å²) in [5, 5.41) is 1.30. The monoisotopic (exact) mass is 227 g/mol. The zero-order valence-electron chi connectivity index (χ0n) is 10.4. The van der Waals surface area contributed by atoms with E-state index in [4.69, 9.17) is 0 Å². The molecule has 1 aliphatic rings. The van der Waals surface area contributed by atoms with Crippen molar-refractivity contribution < 1.29 is 4.79 Å². The van der Waals surface area contributed by atoms with Gasteiger partial charge in [0.25, 0.3) is 0 Å². The van der Waals surface area contributed by atoms with Gasteiger partial charge < -0.3 is 4.57 Å². The highest BCUT2D eigenvalue weighted by atomic mass is 16.1. The smallest absolute Gasteiger partial charge is 0.134 e. The number of rotatable bonds is 2. The van der Waals surface area contributed by atoms with Gasteiger partial charge in [-0.15, -0.1) is 0 Å². The van der Waals surface area contributed by atoms with Crippen molar-refractivity contribution in [2.75, 3.05) is 0 Å². The number of carbonyl (C=O) groups is 1. The number of benzene rings is 1. The largest absolute Gasteiger partial charge is 0.345 e. The van der Waals surface area contributed by atoms with Crippen LogP contribution in [0.3, 0.4) is 0 Å². The SMILES string of the molecule is CC(=O)Cc1cc2c3c(c1)cc(C)n3CCC2. The van der Waals surface area contributed by atoms with Gasteiger partial charge in [0.2, 0.25) is 0 Å². The summed E-state index contributed by atoms with van der Waals surface area (Å²) in [6.07, 6.45) is 2.92. The maximum atomic E-state index is 11.2. The molecule has 1 aromatic carbocycles. The highest BCUT2D eigenvalue weighted by Crippen LogP contribution is 2.30. The molecule has 0 unspecified atom stereocenters. The molecule has 0 radical (unpaired) electrons. The number of aromatic nitrogens is 1. The molecule has 0 spiro atoms. The maximum absolute atomic E-state index is 11.2. The van der Waals surface area contributed by atoms with Gasteiger partial charge in [-0.1, -0.05) is 6.07 Å². The van der Waals surface area contributed by atoms with Gasteiger partial charge in [0.05, 0.1) is 5.52 Å². The molecule has 1 aliphatic heterocycles. The molecule has 0 aliphatic carbocycles. The Kier molecular flexibility index (Phi) is 2.32. The molecule has 0 bridgehead atoms. The van der Waals surface area contributed by atoms with Crippen molar-refractivity contribution >= 4 is 16.7 Å².